The van der Waals surface area contributed by atoms with Gasteiger partial charge in [0.15, 0.2) is 0 Å². The van der Waals surface area contributed by atoms with Crippen molar-refractivity contribution >= 4 is 0 Å². The van der Waals surface area contributed by atoms with E-state index in [1.807, 2.05) is 0 Å². The first-order valence-electron chi connectivity index (χ1n) is 6.34. The third kappa shape index (κ3) is 2.31. The van der Waals surface area contributed by atoms with Crippen molar-refractivity contribution in [3.63, 3.8) is 0 Å². The van der Waals surface area contributed by atoms with Crippen molar-refractivity contribution in [2.45, 2.75) is 58.9 Å². The van der Waals surface area contributed by atoms with E-state index in [4.69, 9.17) is 0 Å². The van der Waals surface area contributed by atoms with Crippen LogP contribution in [0.1, 0.15) is 52.9 Å². The Morgan fingerprint density at radius 1 is 1.21 bits per heavy atom. The van der Waals surface area contributed by atoms with Gasteiger partial charge in [0.2, 0.25) is 0 Å². The highest BCUT2D eigenvalue weighted by Gasteiger charge is 2.38. The second-order valence-corrected chi connectivity index (χ2v) is 6.07. The Bertz CT molecular complexity index is 195. The Labute approximate surface area is 88.7 Å². The van der Waals surface area contributed by atoms with Crippen LogP contribution >= 0.6 is 0 Å². The van der Waals surface area contributed by atoms with Crippen LogP contribution in [0, 0.1) is 17.3 Å². The molecule has 1 N–H and O–H groups in total. The average molecular weight is 195 g/mol. The predicted octanol–water partition coefficient (Wildman–Crippen LogP) is 3.20. The zero-order chi connectivity index (χ0) is 10.2. The fourth-order valence-electron chi connectivity index (χ4n) is 2.64. The van der Waals surface area contributed by atoms with E-state index in [2.05, 4.69) is 26.1 Å². The molecule has 2 aliphatic rings. The lowest BCUT2D eigenvalue weighted by molar-refractivity contribution is 0.200. The molecule has 1 nitrogen and oxygen atoms in total. The third-order valence-electron chi connectivity index (χ3n) is 4.60. The summed E-state index contributed by atoms with van der Waals surface area (Å²) in [6.45, 7) is 8.51. The summed E-state index contributed by atoms with van der Waals surface area (Å²) in [5.41, 5.74) is 0.667. The lowest BCUT2D eigenvalue weighted by Gasteiger charge is -2.35. The molecule has 0 radical (unpaired) electrons. The molecule has 0 saturated heterocycles. The van der Waals surface area contributed by atoms with Crippen LogP contribution < -0.4 is 5.32 Å². The molecule has 3 atom stereocenters. The second kappa shape index (κ2) is 3.84. The van der Waals surface area contributed by atoms with Gasteiger partial charge in [-0.05, 0) is 36.5 Å². The predicted molar refractivity (Wildman–Crippen MR) is 61.3 cm³/mol. The third-order valence-corrected chi connectivity index (χ3v) is 4.60. The molecule has 0 aromatic rings. The van der Waals surface area contributed by atoms with Crippen LogP contribution in [-0.2, 0) is 0 Å². The fraction of sp³-hybridized carbons (Fsp3) is 1.00. The Balaban J connectivity index is 1.78. The van der Waals surface area contributed by atoms with Gasteiger partial charge in [-0.1, -0.05) is 33.6 Å². The Morgan fingerprint density at radius 3 is 2.57 bits per heavy atom. The molecule has 2 aliphatic carbocycles. The lowest BCUT2D eigenvalue weighted by atomic mass is 9.78. The Kier molecular flexibility index (Phi) is 2.88. The van der Waals surface area contributed by atoms with Gasteiger partial charge in [0.05, 0.1) is 0 Å². The summed E-state index contributed by atoms with van der Waals surface area (Å²) < 4.78 is 0. The number of rotatable bonds is 3. The normalized spacial score (nSPS) is 40.9. The fourth-order valence-corrected chi connectivity index (χ4v) is 2.64. The monoisotopic (exact) mass is 195 g/mol. The van der Waals surface area contributed by atoms with Crippen LogP contribution in [0.2, 0.25) is 0 Å². The van der Waals surface area contributed by atoms with E-state index in [-0.39, 0.29) is 0 Å². The zero-order valence-electron chi connectivity index (χ0n) is 9.97. The summed E-state index contributed by atoms with van der Waals surface area (Å²) >= 11 is 0. The van der Waals surface area contributed by atoms with E-state index in [1.54, 1.807) is 0 Å². The first kappa shape index (κ1) is 10.5. The molecule has 0 bridgehead atoms. The number of hydrogen-bond donors (Lipinski definition) is 1. The maximum Gasteiger partial charge on any atom is 0.00954 e. The van der Waals surface area contributed by atoms with Gasteiger partial charge in [0.1, 0.15) is 0 Å². The molecule has 0 aliphatic heterocycles. The summed E-state index contributed by atoms with van der Waals surface area (Å²) in [7, 11) is 0. The van der Waals surface area contributed by atoms with Crippen molar-refractivity contribution in [2.24, 2.45) is 17.3 Å². The minimum absolute atomic E-state index is 0.667. The Morgan fingerprint density at radius 2 is 1.93 bits per heavy atom. The van der Waals surface area contributed by atoms with E-state index in [0.29, 0.717) is 5.41 Å². The Hall–Kier alpha value is -0.0400. The highest BCUT2D eigenvalue weighted by molar-refractivity contribution is 4.92. The molecule has 1 heteroatoms. The molecule has 2 saturated carbocycles. The van der Waals surface area contributed by atoms with Crippen molar-refractivity contribution < 1.29 is 0 Å². The van der Waals surface area contributed by atoms with Gasteiger partial charge >= 0.3 is 0 Å². The maximum absolute atomic E-state index is 3.80. The maximum atomic E-state index is 3.80. The molecule has 14 heavy (non-hydrogen) atoms. The van der Waals surface area contributed by atoms with Crippen molar-refractivity contribution in [1.29, 1.82) is 0 Å². The topological polar surface area (TPSA) is 12.0 Å². The minimum atomic E-state index is 0.667. The molecule has 82 valence electrons. The van der Waals surface area contributed by atoms with Gasteiger partial charge in [0, 0.05) is 12.6 Å². The summed E-state index contributed by atoms with van der Waals surface area (Å²) in [6, 6.07) is 0.802. The van der Waals surface area contributed by atoms with E-state index < -0.39 is 0 Å². The van der Waals surface area contributed by atoms with Crippen molar-refractivity contribution in [1.82, 2.24) is 5.32 Å². The number of hydrogen-bond acceptors (Lipinski definition) is 1. The zero-order valence-corrected chi connectivity index (χ0v) is 9.97. The molecule has 0 amide bonds. The van der Waals surface area contributed by atoms with E-state index in [1.165, 1.54) is 38.6 Å². The molecule has 0 aromatic heterocycles. The molecule has 2 fully saturated rings. The van der Waals surface area contributed by atoms with Gasteiger partial charge < -0.3 is 5.32 Å². The largest absolute Gasteiger partial charge is 0.313 e. The van der Waals surface area contributed by atoms with Crippen molar-refractivity contribution in [3.05, 3.63) is 0 Å². The highest BCUT2D eigenvalue weighted by atomic mass is 14.9. The van der Waals surface area contributed by atoms with Gasteiger partial charge in [-0.25, -0.2) is 0 Å². The second-order valence-electron chi connectivity index (χ2n) is 6.07. The van der Waals surface area contributed by atoms with Crippen LogP contribution in [0.25, 0.3) is 0 Å². The quantitative estimate of drug-likeness (QED) is 0.729. The summed E-state index contributed by atoms with van der Waals surface area (Å²) in [4.78, 5) is 0. The first-order chi connectivity index (χ1) is 6.61. The SMILES string of the molecule is CC1CCCC(NCC2(C)CC2)C1C. The summed E-state index contributed by atoms with van der Waals surface area (Å²) in [5.74, 6) is 1.80. The molecule has 0 heterocycles. The van der Waals surface area contributed by atoms with Crippen LogP contribution in [0.5, 0.6) is 0 Å². The summed E-state index contributed by atoms with van der Waals surface area (Å²) in [5, 5.41) is 3.80. The van der Waals surface area contributed by atoms with E-state index in [9.17, 15) is 0 Å². The first-order valence-corrected chi connectivity index (χ1v) is 6.34. The van der Waals surface area contributed by atoms with Crippen LogP contribution in [-0.4, -0.2) is 12.6 Å². The molecular formula is C13H25N. The minimum Gasteiger partial charge on any atom is -0.313 e. The summed E-state index contributed by atoms with van der Waals surface area (Å²) in [6.07, 6.45) is 7.16. The van der Waals surface area contributed by atoms with Gasteiger partial charge in [-0.15, -0.1) is 0 Å². The molecule has 3 unspecified atom stereocenters. The highest BCUT2D eigenvalue weighted by Crippen LogP contribution is 2.44. The van der Waals surface area contributed by atoms with Gasteiger partial charge in [-0.2, -0.15) is 0 Å². The van der Waals surface area contributed by atoms with Gasteiger partial charge in [-0.3, -0.25) is 0 Å². The van der Waals surface area contributed by atoms with Crippen molar-refractivity contribution in [2.75, 3.05) is 6.54 Å². The van der Waals surface area contributed by atoms with Gasteiger partial charge in [0.25, 0.3) is 0 Å². The lowest BCUT2D eigenvalue weighted by Crippen LogP contribution is -2.42. The average Bonchev–Trinajstić information content (AvgIpc) is 2.88. The van der Waals surface area contributed by atoms with E-state index in [0.717, 1.165) is 17.9 Å². The molecular weight excluding hydrogens is 170 g/mol. The van der Waals surface area contributed by atoms with Crippen LogP contribution in [0.3, 0.4) is 0 Å². The van der Waals surface area contributed by atoms with Crippen molar-refractivity contribution in [3.8, 4) is 0 Å². The number of nitrogens with one attached hydrogen (secondary N) is 1. The molecule has 2 rings (SSSR count). The van der Waals surface area contributed by atoms with Crippen LogP contribution in [0.15, 0.2) is 0 Å². The molecule has 0 aromatic carbocycles. The molecule has 0 spiro atoms. The van der Waals surface area contributed by atoms with E-state index >= 15 is 0 Å². The van der Waals surface area contributed by atoms with Crippen LogP contribution in [0.4, 0.5) is 0 Å². The standard InChI is InChI=1S/C13H25N/c1-10-5-4-6-12(11(10)2)14-9-13(3)7-8-13/h10-12,14H,4-9H2,1-3H3. The smallest absolute Gasteiger partial charge is 0.00954 e.